The lowest BCUT2D eigenvalue weighted by molar-refractivity contribution is -0.131. The predicted octanol–water partition coefficient (Wildman–Crippen LogP) is 2.95. The molecule has 0 atom stereocenters. The van der Waals surface area contributed by atoms with Crippen molar-refractivity contribution in [1.29, 1.82) is 0 Å². The molecule has 1 aliphatic heterocycles. The molecule has 2 aromatic carbocycles. The maximum atomic E-state index is 12.9. The minimum atomic E-state index is -3.64. The number of nitrogens with zero attached hydrogens (tertiary/aromatic N) is 2. The number of carbonyl (C=O) groups is 1. The lowest BCUT2D eigenvalue weighted by atomic mass is 10.2. The van der Waals surface area contributed by atoms with Crippen molar-refractivity contribution >= 4 is 39.4 Å². The number of carboxylic acids is 1. The molecule has 0 bridgehead atoms. The Morgan fingerprint density at radius 1 is 1.04 bits per heavy atom. The number of anilines is 1. The van der Waals surface area contributed by atoms with Gasteiger partial charge in [0.15, 0.2) is 0 Å². The van der Waals surface area contributed by atoms with Crippen LogP contribution >= 0.6 is 11.6 Å². The average Bonchev–Trinajstić information content (AvgIpc) is 2.67. The molecule has 142 valence electrons. The third kappa shape index (κ3) is 4.68. The number of hydrogen-bond acceptors (Lipinski definition) is 4. The van der Waals surface area contributed by atoms with Crippen LogP contribution in [-0.4, -0.2) is 50.0 Å². The first-order valence-electron chi connectivity index (χ1n) is 8.38. The second kappa shape index (κ2) is 8.12. The topological polar surface area (TPSA) is 77.9 Å². The van der Waals surface area contributed by atoms with Gasteiger partial charge in [-0.15, -0.1) is 0 Å². The molecule has 0 saturated carbocycles. The molecular weight excluding hydrogens is 388 g/mol. The van der Waals surface area contributed by atoms with E-state index in [4.69, 9.17) is 16.7 Å². The third-order valence-corrected chi connectivity index (χ3v) is 6.46. The molecule has 1 fully saturated rings. The number of rotatable bonds is 5. The largest absolute Gasteiger partial charge is 0.478 e. The van der Waals surface area contributed by atoms with E-state index in [0.717, 1.165) is 11.8 Å². The molecule has 2 aromatic rings. The molecule has 1 N–H and O–H groups in total. The van der Waals surface area contributed by atoms with E-state index in [0.29, 0.717) is 36.8 Å². The summed E-state index contributed by atoms with van der Waals surface area (Å²) in [6.45, 7) is 1.87. The lowest BCUT2D eigenvalue weighted by Gasteiger charge is -2.35. The van der Waals surface area contributed by atoms with Crippen LogP contribution < -0.4 is 4.90 Å². The van der Waals surface area contributed by atoms with E-state index in [9.17, 15) is 13.2 Å². The van der Waals surface area contributed by atoms with E-state index in [1.807, 2.05) is 18.2 Å². The zero-order valence-electron chi connectivity index (χ0n) is 14.5. The van der Waals surface area contributed by atoms with Crippen molar-refractivity contribution in [2.24, 2.45) is 0 Å². The van der Waals surface area contributed by atoms with E-state index in [2.05, 4.69) is 4.90 Å². The summed E-state index contributed by atoms with van der Waals surface area (Å²) in [6.07, 6.45) is 2.36. The van der Waals surface area contributed by atoms with Gasteiger partial charge in [-0.25, -0.2) is 13.2 Å². The summed E-state index contributed by atoms with van der Waals surface area (Å²) in [4.78, 5) is 12.9. The number of piperazine rings is 1. The van der Waals surface area contributed by atoms with Crippen molar-refractivity contribution in [3.63, 3.8) is 0 Å². The molecule has 0 aromatic heterocycles. The summed E-state index contributed by atoms with van der Waals surface area (Å²) in [7, 11) is -3.64. The fraction of sp³-hybridized carbons (Fsp3) is 0.211. The summed E-state index contributed by atoms with van der Waals surface area (Å²) in [6, 6.07) is 13.8. The van der Waals surface area contributed by atoms with Gasteiger partial charge in [0.25, 0.3) is 0 Å². The molecule has 8 heteroatoms. The first kappa shape index (κ1) is 19.4. The zero-order valence-corrected chi connectivity index (χ0v) is 16.0. The van der Waals surface area contributed by atoms with Gasteiger partial charge in [0.1, 0.15) is 0 Å². The Bertz CT molecular complexity index is 967. The van der Waals surface area contributed by atoms with E-state index in [1.165, 1.54) is 22.5 Å². The summed E-state index contributed by atoms with van der Waals surface area (Å²) >= 11 is 6.03. The number of sulfonamides is 1. The van der Waals surface area contributed by atoms with Crippen molar-refractivity contribution in [3.8, 4) is 0 Å². The molecule has 0 aliphatic carbocycles. The molecule has 1 saturated heterocycles. The Hall–Kier alpha value is -2.35. The number of benzene rings is 2. The SMILES string of the molecule is O=C(O)/C=C/c1cccc(S(=O)(=O)N2CCN(c3cccc(Cl)c3)CC2)c1. The molecule has 1 aliphatic rings. The average molecular weight is 407 g/mol. The predicted molar refractivity (Wildman–Crippen MR) is 106 cm³/mol. The van der Waals surface area contributed by atoms with Crippen LogP contribution in [0, 0.1) is 0 Å². The van der Waals surface area contributed by atoms with Crippen molar-refractivity contribution < 1.29 is 18.3 Å². The van der Waals surface area contributed by atoms with Crippen LogP contribution in [0.3, 0.4) is 0 Å². The van der Waals surface area contributed by atoms with Crippen LogP contribution in [-0.2, 0) is 14.8 Å². The summed E-state index contributed by atoms with van der Waals surface area (Å²) in [5, 5.41) is 9.36. The van der Waals surface area contributed by atoms with Crippen LogP contribution in [0.15, 0.2) is 59.5 Å². The molecule has 1 heterocycles. The second-order valence-electron chi connectivity index (χ2n) is 6.12. The van der Waals surface area contributed by atoms with E-state index in [-0.39, 0.29) is 4.90 Å². The Morgan fingerprint density at radius 2 is 1.74 bits per heavy atom. The highest BCUT2D eigenvalue weighted by molar-refractivity contribution is 7.89. The summed E-state index contributed by atoms with van der Waals surface area (Å²) < 4.78 is 27.3. The first-order chi connectivity index (χ1) is 12.9. The van der Waals surface area contributed by atoms with Gasteiger partial charge in [-0.1, -0.05) is 29.8 Å². The smallest absolute Gasteiger partial charge is 0.328 e. The van der Waals surface area contributed by atoms with Gasteiger partial charge >= 0.3 is 5.97 Å². The minimum absolute atomic E-state index is 0.159. The number of aliphatic carboxylic acids is 1. The van der Waals surface area contributed by atoms with Crippen LogP contribution in [0.1, 0.15) is 5.56 Å². The molecule has 0 radical (unpaired) electrons. The van der Waals surface area contributed by atoms with Crippen molar-refractivity contribution in [2.45, 2.75) is 4.90 Å². The van der Waals surface area contributed by atoms with Crippen LogP contribution in [0.5, 0.6) is 0 Å². The Labute approximate surface area is 163 Å². The number of carboxylic acid groups (broad SMARTS) is 1. The van der Waals surface area contributed by atoms with Gasteiger partial charge in [-0.3, -0.25) is 0 Å². The van der Waals surface area contributed by atoms with Gasteiger partial charge < -0.3 is 10.0 Å². The Kier molecular flexibility index (Phi) is 5.84. The summed E-state index contributed by atoms with van der Waals surface area (Å²) in [5.74, 6) is -1.08. The highest BCUT2D eigenvalue weighted by atomic mass is 35.5. The molecule has 0 amide bonds. The normalized spacial score (nSPS) is 16.0. The van der Waals surface area contributed by atoms with Crippen molar-refractivity contribution in [3.05, 3.63) is 65.2 Å². The fourth-order valence-electron chi connectivity index (χ4n) is 2.95. The Morgan fingerprint density at radius 3 is 2.41 bits per heavy atom. The highest BCUT2D eigenvalue weighted by Gasteiger charge is 2.28. The molecule has 3 rings (SSSR count). The molecule has 0 unspecified atom stereocenters. The maximum Gasteiger partial charge on any atom is 0.328 e. The second-order valence-corrected chi connectivity index (χ2v) is 8.49. The first-order valence-corrected chi connectivity index (χ1v) is 10.2. The number of hydrogen-bond donors (Lipinski definition) is 1. The van der Waals surface area contributed by atoms with Crippen LogP contribution in [0.4, 0.5) is 5.69 Å². The van der Waals surface area contributed by atoms with Gasteiger partial charge in [0.05, 0.1) is 4.90 Å². The van der Waals surface area contributed by atoms with Gasteiger partial charge in [0.2, 0.25) is 10.0 Å². The fourth-order valence-corrected chi connectivity index (χ4v) is 4.62. The standard InChI is InChI=1S/C19H19ClN2O4S/c20-16-4-2-5-17(14-16)21-9-11-22(12-10-21)27(25,26)18-6-1-3-15(13-18)7-8-19(23)24/h1-8,13-14H,9-12H2,(H,23,24)/b8-7+. The molecule has 6 nitrogen and oxygen atoms in total. The summed E-state index contributed by atoms with van der Waals surface area (Å²) in [5.41, 5.74) is 1.50. The quantitative estimate of drug-likeness (QED) is 0.772. The van der Waals surface area contributed by atoms with Gasteiger partial charge in [0, 0.05) is 43.0 Å². The van der Waals surface area contributed by atoms with Crippen LogP contribution in [0.2, 0.25) is 5.02 Å². The van der Waals surface area contributed by atoms with E-state index in [1.54, 1.807) is 18.2 Å². The molecule has 0 spiro atoms. The third-order valence-electron chi connectivity index (χ3n) is 4.33. The number of halogens is 1. The van der Waals surface area contributed by atoms with Crippen molar-refractivity contribution in [2.75, 3.05) is 31.1 Å². The highest BCUT2D eigenvalue weighted by Crippen LogP contribution is 2.24. The minimum Gasteiger partial charge on any atom is -0.478 e. The Balaban J connectivity index is 1.73. The van der Waals surface area contributed by atoms with Crippen molar-refractivity contribution in [1.82, 2.24) is 4.31 Å². The lowest BCUT2D eigenvalue weighted by Crippen LogP contribution is -2.48. The van der Waals surface area contributed by atoms with E-state index < -0.39 is 16.0 Å². The zero-order chi connectivity index (χ0) is 19.4. The maximum absolute atomic E-state index is 12.9. The molecular formula is C19H19ClN2O4S. The molecule has 27 heavy (non-hydrogen) atoms. The monoisotopic (exact) mass is 406 g/mol. The van der Waals surface area contributed by atoms with E-state index >= 15 is 0 Å². The van der Waals surface area contributed by atoms with Gasteiger partial charge in [-0.05, 0) is 42.0 Å². The van der Waals surface area contributed by atoms with Crippen LogP contribution in [0.25, 0.3) is 6.08 Å². The van der Waals surface area contributed by atoms with Gasteiger partial charge in [-0.2, -0.15) is 4.31 Å².